The van der Waals surface area contributed by atoms with E-state index in [-0.39, 0.29) is 30.5 Å². The molecule has 1 heterocycles. The van der Waals surface area contributed by atoms with Gasteiger partial charge in [-0.05, 0) is 12.1 Å². The number of nitrogens with zero attached hydrogens (tertiary/aromatic N) is 1. The lowest BCUT2D eigenvalue weighted by molar-refractivity contribution is -0.384. The molecule has 19 heavy (non-hydrogen) atoms. The lowest BCUT2D eigenvalue weighted by atomic mass is 10.3. The summed E-state index contributed by atoms with van der Waals surface area (Å²) in [7, 11) is 0. The van der Waals surface area contributed by atoms with E-state index in [4.69, 9.17) is 9.47 Å². The molecule has 1 N–H and O–H groups in total. The molecule has 8 heteroatoms. The van der Waals surface area contributed by atoms with Crippen molar-refractivity contribution in [2.75, 3.05) is 13.2 Å². The molecule has 1 atom stereocenters. The van der Waals surface area contributed by atoms with Gasteiger partial charge in [0.05, 0.1) is 11.5 Å². The molecular formula is C11H10N2O6. The van der Waals surface area contributed by atoms with Gasteiger partial charge in [0.15, 0.2) is 6.10 Å². The second kappa shape index (κ2) is 5.44. The summed E-state index contributed by atoms with van der Waals surface area (Å²) >= 11 is 0. The Morgan fingerprint density at radius 3 is 2.63 bits per heavy atom. The third kappa shape index (κ3) is 3.26. The topological polar surface area (TPSA) is 108 Å². The van der Waals surface area contributed by atoms with Gasteiger partial charge >= 0.3 is 5.97 Å². The number of nitro groups is 1. The van der Waals surface area contributed by atoms with Gasteiger partial charge in [-0.1, -0.05) is 0 Å². The van der Waals surface area contributed by atoms with E-state index in [2.05, 4.69) is 5.32 Å². The molecule has 1 fully saturated rings. The Labute approximate surface area is 107 Å². The van der Waals surface area contributed by atoms with Crippen molar-refractivity contribution in [1.29, 1.82) is 0 Å². The highest BCUT2D eigenvalue weighted by atomic mass is 16.6. The minimum Gasteiger partial charge on any atom is -0.425 e. The van der Waals surface area contributed by atoms with Gasteiger partial charge in [-0.3, -0.25) is 14.9 Å². The Balaban J connectivity index is 1.95. The second-order valence-corrected chi connectivity index (χ2v) is 3.78. The zero-order chi connectivity index (χ0) is 13.8. The average molecular weight is 266 g/mol. The highest BCUT2D eigenvalue weighted by Crippen LogP contribution is 2.18. The number of nitrogens with one attached hydrogen (secondary N) is 1. The molecule has 1 unspecified atom stereocenters. The van der Waals surface area contributed by atoms with Gasteiger partial charge in [0.1, 0.15) is 12.4 Å². The fourth-order valence-electron chi connectivity index (χ4n) is 1.46. The number of rotatable bonds is 3. The van der Waals surface area contributed by atoms with Crippen LogP contribution < -0.4 is 10.1 Å². The first-order valence-corrected chi connectivity index (χ1v) is 5.41. The number of hydrogen-bond donors (Lipinski definition) is 1. The quantitative estimate of drug-likeness (QED) is 0.357. The van der Waals surface area contributed by atoms with E-state index in [1.807, 2.05) is 0 Å². The summed E-state index contributed by atoms with van der Waals surface area (Å²) in [5.41, 5.74) is -0.0963. The van der Waals surface area contributed by atoms with Gasteiger partial charge in [-0.15, -0.1) is 0 Å². The van der Waals surface area contributed by atoms with Gasteiger partial charge < -0.3 is 14.8 Å². The van der Waals surface area contributed by atoms with Gasteiger partial charge in [0, 0.05) is 12.1 Å². The summed E-state index contributed by atoms with van der Waals surface area (Å²) in [6.07, 6.45) is -0.868. The lowest BCUT2D eigenvalue weighted by Gasteiger charge is -2.21. The first-order valence-electron chi connectivity index (χ1n) is 5.41. The molecule has 0 aliphatic carbocycles. The van der Waals surface area contributed by atoms with Crippen molar-refractivity contribution in [3.8, 4) is 5.75 Å². The number of benzene rings is 1. The summed E-state index contributed by atoms with van der Waals surface area (Å²) in [4.78, 5) is 32.4. The number of amides is 1. The molecule has 1 aliphatic rings. The van der Waals surface area contributed by atoms with E-state index in [0.29, 0.717) is 0 Å². The van der Waals surface area contributed by atoms with Gasteiger partial charge in [0.25, 0.3) is 5.69 Å². The number of morpholine rings is 1. The van der Waals surface area contributed by atoms with Crippen LogP contribution in [-0.4, -0.2) is 36.1 Å². The molecule has 0 radical (unpaired) electrons. The van der Waals surface area contributed by atoms with E-state index >= 15 is 0 Å². The Hall–Kier alpha value is -2.48. The molecule has 1 saturated heterocycles. The van der Waals surface area contributed by atoms with Crippen molar-refractivity contribution in [3.63, 3.8) is 0 Å². The molecule has 0 bridgehead atoms. The maximum Gasteiger partial charge on any atom is 0.342 e. The lowest BCUT2D eigenvalue weighted by Crippen LogP contribution is -2.47. The second-order valence-electron chi connectivity index (χ2n) is 3.78. The van der Waals surface area contributed by atoms with Crippen LogP contribution in [0, 0.1) is 10.1 Å². The van der Waals surface area contributed by atoms with Crippen LogP contribution in [0.25, 0.3) is 0 Å². The molecule has 1 amide bonds. The Bertz CT molecular complexity index is 502. The summed E-state index contributed by atoms with van der Waals surface area (Å²) < 4.78 is 9.98. The average Bonchev–Trinajstić information content (AvgIpc) is 2.40. The molecule has 0 aromatic heterocycles. The predicted octanol–water partition coefficient (Wildman–Crippen LogP) is 0.0152. The fraction of sp³-hybridized carbons (Fsp3) is 0.273. The zero-order valence-corrected chi connectivity index (χ0v) is 9.70. The maximum atomic E-state index is 11.7. The summed E-state index contributed by atoms with van der Waals surface area (Å²) in [5.74, 6) is -0.774. The van der Waals surface area contributed by atoms with Crippen LogP contribution in [0.5, 0.6) is 5.75 Å². The molecule has 0 saturated carbocycles. The first kappa shape index (κ1) is 13.0. The Kier molecular flexibility index (Phi) is 3.71. The van der Waals surface area contributed by atoms with Crippen LogP contribution >= 0.6 is 0 Å². The van der Waals surface area contributed by atoms with Crippen LogP contribution in [0.4, 0.5) is 5.69 Å². The molecule has 100 valence electrons. The molecule has 1 aliphatic heterocycles. The number of ether oxygens (including phenoxy) is 2. The van der Waals surface area contributed by atoms with Crippen LogP contribution in [0.2, 0.25) is 0 Å². The van der Waals surface area contributed by atoms with E-state index in [1.54, 1.807) is 0 Å². The number of nitro benzene ring substituents is 1. The minimum absolute atomic E-state index is 0.0463. The monoisotopic (exact) mass is 266 g/mol. The van der Waals surface area contributed by atoms with Gasteiger partial charge in [-0.2, -0.15) is 0 Å². The van der Waals surface area contributed by atoms with Gasteiger partial charge in [-0.25, -0.2) is 4.79 Å². The SMILES string of the molecule is O=C1COC(C(=O)Oc2ccc([N+](=O)[O-])cc2)CN1. The Morgan fingerprint density at radius 1 is 1.42 bits per heavy atom. The van der Waals surface area contributed by atoms with Crippen molar-refractivity contribution in [2.24, 2.45) is 0 Å². The van der Waals surface area contributed by atoms with Crippen LogP contribution in [-0.2, 0) is 14.3 Å². The standard InChI is InChI=1S/C11H10N2O6/c14-10-6-18-9(5-12-10)11(15)19-8-3-1-7(2-4-8)13(16)17/h1-4,9H,5-6H2,(H,12,14). The Morgan fingerprint density at radius 2 is 2.11 bits per heavy atom. The molecule has 1 aromatic rings. The number of carbonyl (C=O) groups excluding carboxylic acids is 2. The first-order chi connectivity index (χ1) is 9.06. The van der Waals surface area contributed by atoms with E-state index < -0.39 is 17.0 Å². The largest absolute Gasteiger partial charge is 0.425 e. The fourth-order valence-corrected chi connectivity index (χ4v) is 1.46. The van der Waals surface area contributed by atoms with Crippen molar-refractivity contribution in [2.45, 2.75) is 6.10 Å². The van der Waals surface area contributed by atoms with E-state index in [0.717, 1.165) is 0 Å². The zero-order valence-electron chi connectivity index (χ0n) is 9.70. The third-order valence-corrected chi connectivity index (χ3v) is 2.43. The van der Waals surface area contributed by atoms with E-state index in [9.17, 15) is 19.7 Å². The van der Waals surface area contributed by atoms with E-state index in [1.165, 1.54) is 24.3 Å². The van der Waals surface area contributed by atoms with Crippen LogP contribution in [0.3, 0.4) is 0 Å². The van der Waals surface area contributed by atoms with Crippen molar-refractivity contribution in [3.05, 3.63) is 34.4 Å². The van der Waals surface area contributed by atoms with Crippen molar-refractivity contribution < 1.29 is 24.0 Å². The maximum absolute atomic E-state index is 11.7. The predicted molar refractivity (Wildman–Crippen MR) is 61.5 cm³/mol. The van der Waals surface area contributed by atoms with Crippen molar-refractivity contribution in [1.82, 2.24) is 5.32 Å². The number of non-ortho nitro benzene ring substituents is 1. The summed E-state index contributed by atoms with van der Waals surface area (Å²) in [5, 5.41) is 12.9. The molecule has 8 nitrogen and oxygen atoms in total. The molecule has 1 aromatic carbocycles. The number of carbonyl (C=O) groups is 2. The summed E-state index contributed by atoms with van der Waals surface area (Å²) in [6, 6.07) is 5.09. The molecule has 0 spiro atoms. The van der Waals surface area contributed by atoms with Crippen LogP contribution in [0.1, 0.15) is 0 Å². The normalized spacial score (nSPS) is 18.5. The highest BCUT2D eigenvalue weighted by Gasteiger charge is 2.27. The highest BCUT2D eigenvalue weighted by molar-refractivity contribution is 5.83. The number of esters is 1. The smallest absolute Gasteiger partial charge is 0.342 e. The van der Waals surface area contributed by atoms with Crippen molar-refractivity contribution >= 4 is 17.6 Å². The molecule has 2 rings (SSSR count). The summed E-state index contributed by atoms with van der Waals surface area (Å²) in [6.45, 7) is -0.148. The molecular weight excluding hydrogens is 256 g/mol. The number of hydrogen-bond acceptors (Lipinski definition) is 6. The third-order valence-electron chi connectivity index (χ3n) is 2.43. The van der Waals surface area contributed by atoms with Gasteiger partial charge in [0.2, 0.25) is 5.91 Å². The van der Waals surface area contributed by atoms with Crippen LogP contribution in [0.15, 0.2) is 24.3 Å². The minimum atomic E-state index is -0.868.